The second-order valence-electron chi connectivity index (χ2n) is 13.5. The molecule has 0 aliphatic carbocycles. The highest BCUT2D eigenvalue weighted by atomic mass is 16.6. The first-order valence-electron chi connectivity index (χ1n) is 18.3. The van der Waals surface area contributed by atoms with Gasteiger partial charge in [0.1, 0.15) is 25.4 Å². The van der Waals surface area contributed by atoms with E-state index < -0.39 is 0 Å². The molecule has 0 amide bonds. The number of benzene rings is 4. The van der Waals surface area contributed by atoms with Crippen LogP contribution in [0, 0.1) is 0 Å². The number of rotatable bonds is 9. The topological polar surface area (TPSA) is 90.3 Å². The van der Waals surface area contributed by atoms with E-state index in [1.54, 1.807) is 0 Å². The largest absolute Gasteiger partial charge is 0.486 e. The van der Waals surface area contributed by atoms with Crippen LogP contribution in [-0.2, 0) is 13.0 Å². The molecule has 51 heavy (non-hydrogen) atoms. The summed E-state index contributed by atoms with van der Waals surface area (Å²) in [5.41, 5.74) is 4.64. The summed E-state index contributed by atoms with van der Waals surface area (Å²) >= 11 is 0. The van der Waals surface area contributed by atoms with E-state index >= 15 is 0 Å². The molecule has 0 unspecified atom stereocenters. The third-order valence-electron chi connectivity index (χ3n) is 9.98. The summed E-state index contributed by atoms with van der Waals surface area (Å²) in [5, 5.41) is 18.6. The van der Waals surface area contributed by atoms with Gasteiger partial charge in [0.25, 0.3) is 0 Å². The molecule has 2 saturated heterocycles. The van der Waals surface area contributed by atoms with E-state index in [0.29, 0.717) is 19.6 Å². The molecule has 8 rings (SSSR count). The molecule has 0 spiro atoms. The molecule has 0 radical (unpaired) electrons. The van der Waals surface area contributed by atoms with Gasteiger partial charge in [-0.1, -0.05) is 54.6 Å². The molecule has 4 aliphatic rings. The van der Waals surface area contributed by atoms with Crippen LogP contribution >= 0.6 is 0 Å². The van der Waals surface area contributed by atoms with Crippen molar-refractivity contribution in [3.05, 3.63) is 108 Å². The Morgan fingerprint density at radius 1 is 0.549 bits per heavy atom. The molecule has 2 fully saturated rings. The molecule has 0 bridgehead atoms. The maximum atomic E-state index is 9.30. The van der Waals surface area contributed by atoms with E-state index in [1.807, 2.05) is 66.7 Å². The van der Waals surface area contributed by atoms with E-state index in [4.69, 9.17) is 18.9 Å². The van der Waals surface area contributed by atoms with Crippen LogP contribution in [0.5, 0.6) is 23.0 Å². The zero-order valence-corrected chi connectivity index (χ0v) is 29.3. The third-order valence-corrected chi connectivity index (χ3v) is 9.98. The van der Waals surface area contributed by atoms with Gasteiger partial charge in [-0.2, -0.15) is 0 Å². The fourth-order valence-corrected chi connectivity index (χ4v) is 7.24. The minimum Gasteiger partial charge on any atom is -0.486 e. The molecule has 270 valence electrons. The van der Waals surface area contributed by atoms with Gasteiger partial charge in [-0.15, -0.1) is 0 Å². The van der Waals surface area contributed by atoms with Crippen LogP contribution in [0.25, 0.3) is 0 Å². The van der Waals surface area contributed by atoms with Crippen LogP contribution in [0.3, 0.4) is 0 Å². The maximum absolute atomic E-state index is 9.30. The Morgan fingerprint density at radius 3 is 1.65 bits per heavy atom. The van der Waals surface area contributed by atoms with Crippen molar-refractivity contribution in [2.45, 2.75) is 25.2 Å². The fourth-order valence-electron chi connectivity index (χ4n) is 7.24. The molecule has 0 aromatic heterocycles. The first kappa shape index (κ1) is 34.9. The summed E-state index contributed by atoms with van der Waals surface area (Å²) in [7, 11) is 0. The monoisotopic (exact) mass is 694 g/mol. The van der Waals surface area contributed by atoms with Crippen molar-refractivity contribution in [3.8, 4) is 23.0 Å². The van der Waals surface area contributed by atoms with E-state index in [9.17, 15) is 10.2 Å². The van der Waals surface area contributed by atoms with Crippen molar-refractivity contribution in [2.75, 3.05) is 95.1 Å². The summed E-state index contributed by atoms with van der Waals surface area (Å²) in [6, 6.07) is 32.3. The Kier molecular flexibility index (Phi) is 11.8. The van der Waals surface area contributed by atoms with Gasteiger partial charge in [0, 0.05) is 83.4 Å². The quantitative estimate of drug-likeness (QED) is 0.264. The van der Waals surface area contributed by atoms with E-state index in [2.05, 4.69) is 49.9 Å². The number of hydrogen-bond donors (Lipinski definition) is 2. The Hall–Kier alpha value is -4.48. The van der Waals surface area contributed by atoms with Gasteiger partial charge in [-0.25, -0.2) is 0 Å². The van der Waals surface area contributed by atoms with Crippen LogP contribution in [-0.4, -0.2) is 117 Å². The van der Waals surface area contributed by atoms with Crippen LogP contribution in [0.4, 0.5) is 11.4 Å². The van der Waals surface area contributed by atoms with Crippen molar-refractivity contribution in [1.29, 1.82) is 0 Å². The summed E-state index contributed by atoms with van der Waals surface area (Å²) < 4.78 is 23.8. The maximum Gasteiger partial charge on any atom is 0.161 e. The van der Waals surface area contributed by atoms with Crippen LogP contribution in [0.15, 0.2) is 97.1 Å². The van der Waals surface area contributed by atoms with E-state index in [-0.39, 0.29) is 25.4 Å². The van der Waals surface area contributed by atoms with Crippen molar-refractivity contribution in [1.82, 2.24) is 9.80 Å². The summed E-state index contributed by atoms with van der Waals surface area (Å²) in [6.45, 7) is 11.3. The summed E-state index contributed by atoms with van der Waals surface area (Å²) in [5.74, 6) is 3.37. The lowest BCUT2D eigenvalue weighted by atomic mass is 10.1. The van der Waals surface area contributed by atoms with Gasteiger partial charge in [0.15, 0.2) is 23.0 Å². The zero-order chi connectivity index (χ0) is 34.8. The summed E-state index contributed by atoms with van der Waals surface area (Å²) in [6.07, 6.45) is 0.876. The van der Waals surface area contributed by atoms with Crippen molar-refractivity contribution >= 4 is 11.4 Å². The highest BCUT2D eigenvalue weighted by molar-refractivity contribution is 5.54. The number of ether oxygens (including phenoxy) is 4. The number of para-hydroxylation sites is 5. The van der Waals surface area contributed by atoms with Crippen molar-refractivity contribution in [3.63, 3.8) is 0 Å². The van der Waals surface area contributed by atoms with E-state index in [1.165, 1.54) is 16.9 Å². The highest BCUT2D eigenvalue weighted by Crippen LogP contribution is 2.32. The number of piperazine rings is 2. The third kappa shape index (κ3) is 9.07. The first-order valence-corrected chi connectivity index (χ1v) is 18.3. The molecule has 4 heterocycles. The Balaban J connectivity index is 0.000000159. The minimum atomic E-state index is 0.0816. The lowest BCUT2D eigenvalue weighted by molar-refractivity contribution is 0.0571. The Morgan fingerprint density at radius 2 is 1.08 bits per heavy atom. The molecule has 4 aromatic carbocycles. The smallest absolute Gasteiger partial charge is 0.161 e. The standard InChI is InChI=1S/C21H26N2O3.C20H24N2O3/c24-14-9-17-5-1-2-6-19(17)23-12-10-22(11-13-23)15-18-16-25-20-7-3-4-8-21(20)26-18;23-14-16-4-3-5-17(12-16)22-10-8-21(9-11-22)13-18-15-24-19-6-1-2-7-20(19)25-18/h1-8,18,24H,9-16H2;1-7,12,18,23H,8-11,13-15H2/t2*18-/m00/s1. The van der Waals surface area contributed by atoms with Crippen LogP contribution in [0.1, 0.15) is 11.1 Å². The Labute approximate surface area is 301 Å². The predicted octanol–water partition coefficient (Wildman–Crippen LogP) is 4.32. The number of anilines is 2. The SMILES string of the molecule is OCCc1ccccc1N1CCN(C[C@H]2COc3ccccc3O2)CC1.OCc1cccc(N2CCN(C[C@H]3COc4ccccc4O3)CC2)c1. The number of hydrogen-bond acceptors (Lipinski definition) is 10. The molecular weight excluding hydrogens is 644 g/mol. The zero-order valence-electron chi connectivity index (χ0n) is 29.3. The van der Waals surface area contributed by atoms with Gasteiger partial charge in [0.2, 0.25) is 0 Å². The van der Waals surface area contributed by atoms with Crippen molar-refractivity contribution in [2.24, 2.45) is 0 Å². The predicted molar refractivity (Wildman–Crippen MR) is 200 cm³/mol. The fraction of sp³-hybridized carbons (Fsp3) is 0.415. The van der Waals surface area contributed by atoms with E-state index in [0.717, 1.165) is 94.0 Å². The molecule has 2 N–H and O–H groups in total. The molecule has 10 heteroatoms. The molecular formula is C41H50N4O6. The van der Waals surface area contributed by atoms with Gasteiger partial charge < -0.3 is 39.0 Å². The molecule has 4 aliphatic heterocycles. The van der Waals surface area contributed by atoms with Gasteiger partial charge in [-0.3, -0.25) is 9.80 Å². The molecule has 10 nitrogen and oxygen atoms in total. The molecule has 4 aromatic rings. The minimum absolute atomic E-state index is 0.0816. The second kappa shape index (κ2) is 17.2. The normalized spacial score (nSPS) is 20.4. The number of aliphatic hydroxyl groups is 2. The second-order valence-corrected chi connectivity index (χ2v) is 13.5. The van der Waals surface area contributed by atoms with Gasteiger partial charge in [-0.05, 0) is 60.0 Å². The lowest BCUT2D eigenvalue weighted by Crippen LogP contribution is -2.50. The number of fused-ring (bicyclic) bond motifs is 2. The molecule has 0 saturated carbocycles. The van der Waals surface area contributed by atoms with Crippen molar-refractivity contribution < 1.29 is 29.2 Å². The first-order chi connectivity index (χ1) is 25.1. The average Bonchev–Trinajstić information content (AvgIpc) is 3.19. The van der Waals surface area contributed by atoms with Crippen LogP contribution in [0.2, 0.25) is 0 Å². The molecule has 2 atom stereocenters. The average molecular weight is 695 g/mol. The summed E-state index contributed by atoms with van der Waals surface area (Å²) in [4.78, 5) is 9.69. The van der Waals surface area contributed by atoms with Crippen LogP contribution < -0.4 is 28.7 Å². The number of nitrogens with zero attached hydrogens (tertiary/aromatic N) is 4. The Bertz CT molecular complexity index is 1690. The van der Waals surface area contributed by atoms with Gasteiger partial charge in [0.05, 0.1) is 6.61 Å². The lowest BCUT2D eigenvalue weighted by Gasteiger charge is -2.39. The number of aliphatic hydroxyl groups excluding tert-OH is 2. The van der Waals surface area contributed by atoms with Gasteiger partial charge >= 0.3 is 0 Å². The highest BCUT2D eigenvalue weighted by Gasteiger charge is 2.27.